The number of rotatable bonds is 4. The fraction of sp³-hybridized carbons (Fsp3) is 0.333. The van der Waals surface area contributed by atoms with Crippen LogP contribution in [0.15, 0.2) is 36.7 Å². The number of benzene rings is 1. The maximum Gasteiger partial charge on any atom is 0.257 e. The van der Waals surface area contributed by atoms with Gasteiger partial charge in [-0.15, -0.1) is 0 Å². The van der Waals surface area contributed by atoms with E-state index in [1.54, 1.807) is 30.5 Å². The van der Waals surface area contributed by atoms with E-state index in [9.17, 15) is 13.2 Å². The number of halogens is 1. The standard InChI is InChI=1S/C18H20ClN3O3S/c1-12-16(19)4-3-5-17(12)21-18(23)13-8-15(10-20-9-13)22(2)14-6-7-26(24,25)11-14/h3-5,8-10,14H,6-7,11H2,1-2H3,(H,21,23). The largest absolute Gasteiger partial charge is 0.369 e. The lowest BCUT2D eigenvalue weighted by molar-refractivity contribution is 0.102. The zero-order valence-corrected chi connectivity index (χ0v) is 16.1. The van der Waals surface area contributed by atoms with Crippen LogP contribution in [0.2, 0.25) is 5.02 Å². The van der Waals surface area contributed by atoms with Gasteiger partial charge in [-0.25, -0.2) is 8.42 Å². The van der Waals surface area contributed by atoms with Crippen LogP contribution in [0.1, 0.15) is 22.3 Å². The van der Waals surface area contributed by atoms with Gasteiger partial charge in [0.1, 0.15) is 0 Å². The summed E-state index contributed by atoms with van der Waals surface area (Å²) in [4.78, 5) is 18.6. The van der Waals surface area contributed by atoms with Gasteiger partial charge in [-0.05, 0) is 37.1 Å². The van der Waals surface area contributed by atoms with Gasteiger partial charge in [0.25, 0.3) is 5.91 Å². The number of nitrogens with one attached hydrogen (secondary N) is 1. The summed E-state index contributed by atoms with van der Waals surface area (Å²) in [5.74, 6) is 0.0304. The fourth-order valence-corrected chi connectivity index (χ4v) is 4.92. The second-order valence-electron chi connectivity index (χ2n) is 6.47. The van der Waals surface area contributed by atoms with Crippen LogP contribution in [0.25, 0.3) is 0 Å². The number of hydrogen-bond donors (Lipinski definition) is 1. The van der Waals surface area contributed by atoms with Gasteiger partial charge in [0, 0.05) is 30.0 Å². The molecule has 1 atom stereocenters. The molecule has 1 unspecified atom stereocenters. The quantitative estimate of drug-likeness (QED) is 0.863. The number of carbonyl (C=O) groups excluding carboxylic acids is 1. The first-order valence-electron chi connectivity index (χ1n) is 8.21. The molecule has 26 heavy (non-hydrogen) atoms. The number of nitrogens with zero attached hydrogens (tertiary/aromatic N) is 2. The molecule has 1 fully saturated rings. The highest BCUT2D eigenvalue weighted by molar-refractivity contribution is 7.91. The summed E-state index contributed by atoms with van der Waals surface area (Å²) in [7, 11) is -1.15. The minimum absolute atomic E-state index is 0.102. The van der Waals surface area contributed by atoms with Crippen molar-refractivity contribution in [1.82, 2.24) is 4.98 Å². The van der Waals surface area contributed by atoms with E-state index in [0.29, 0.717) is 28.4 Å². The summed E-state index contributed by atoms with van der Waals surface area (Å²) in [5.41, 5.74) is 2.54. The number of hydrogen-bond acceptors (Lipinski definition) is 5. The summed E-state index contributed by atoms with van der Waals surface area (Å²) >= 11 is 6.09. The highest BCUT2D eigenvalue weighted by Crippen LogP contribution is 2.25. The van der Waals surface area contributed by atoms with Crippen LogP contribution in [0.5, 0.6) is 0 Å². The van der Waals surface area contributed by atoms with Crippen molar-refractivity contribution in [2.24, 2.45) is 0 Å². The second-order valence-corrected chi connectivity index (χ2v) is 9.10. The third-order valence-electron chi connectivity index (χ3n) is 4.67. The Morgan fingerprint density at radius 2 is 2.12 bits per heavy atom. The van der Waals surface area contributed by atoms with Crippen molar-refractivity contribution in [3.63, 3.8) is 0 Å². The van der Waals surface area contributed by atoms with Gasteiger partial charge in [0.2, 0.25) is 0 Å². The molecule has 0 bridgehead atoms. The Morgan fingerprint density at radius 1 is 1.35 bits per heavy atom. The number of aromatic nitrogens is 1. The average molecular weight is 394 g/mol. The first-order chi connectivity index (χ1) is 12.3. The lowest BCUT2D eigenvalue weighted by Crippen LogP contribution is -2.32. The molecule has 1 aromatic carbocycles. The van der Waals surface area contributed by atoms with Crippen molar-refractivity contribution in [1.29, 1.82) is 0 Å². The van der Waals surface area contributed by atoms with E-state index in [0.717, 1.165) is 5.56 Å². The molecule has 1 N–H and O–H groups in total. The molecule has 2 heterocycles. The third-order valence-corrected chi connectivity index (χ3v) is 6.83. The minimum Gasteiger partial charge on any atom is -0.369 e. The molecule has 0 saturated carbocycles. The number of anilines is 2. The predicted molar refractivity (Wildman–Crippen MR) is 104 cm³/mol. The molecule has 1 aliphatic rings. The van der Waals surface area contributed by atoms with E-state index in [1.165, 1.54) is 6.20 Å². The molecule has 8 heteroatoms. The number of pyridine rings is 1. The maximum absolute atomic E-state index is 12.6. The van der Waals surface area contributed by atoms with Crippen LogP contribution in [-0.2, 0) is 9.84 Å². The molecule has 6 nitrogen and oxygen atoms in total. The van der Waals surface area contributed by atoms with E-state index in [2.05, 4.69) is 10.3 Å². The molecular formula is C18H20ClN3O3S. The fourth-order valence-electron chi connectivity index (χ4n) is 2.97. The van der Waals surface area contributed by atoms with Gasteiger partial charge in [0.15, 0.2) is 9.84 Å². The molecule has 138 valence electrons. The van der Waals surface area contributed by atoms with Crippen LogP contribution in [0, 0.1) is 6.92 Å². The average Bonchev–Trinajstić information content (AvgIpc) is 2.98. The van der Waals surface area contributed by atoms with Crippen molar-refractivity contribution < 1.29 is 13.2 Å². The van der Waals surface area contributed by atoms with Crippen molar-refractivity contribution in [2.75, 3.05) is 28.8 Å². The van der Waals surface area contributed by atoms with Crippen LogP contribution in [0.3, 0.4) is 0 Å². The van der Waals surface area contributed by atoms with Gasteiger partial charge in [0.05, 0.1) is 29.0 Å². The maximum atomic E-state index is 12.6. The van der Waals surface area contributed by atoms with E-state index in [1.807, 2.05) is 18.9 Å². The molecule has 0 aliphatic carbocycles. The molecule has 3 rings (SSSR count). The monoisotopic (exact) mass is 393 g/mol. The van der Waals surface area contributed by atoms with Crippen LogP contribution >= 0.6 is 11.6 Å². The Morgan fingerprint density at radius 3 is 2.81 bits per heavy atom. The predicted octanol–water partition coefficient (Wildman–Crippen LogP) is 2.92. The first kappa shape index (κ1) is 18.7. The highest BCUT2D eigenvalue weighted by atomic mass is 35.5. The smallest absolute Gasteiger partial charge is 0.257 e. The molecule has 0 spiro atoms. The van der Waals surface area contributed by atoms with Crippen LogP contribution in [0.4, 0.5) is 11.4 Å². The number of carbonyl (C=O) groups is 1. The highest BCUT2D eigenvalue weighted by Gasteiger charge is 2.31. The Kier molecular flexibility index (Phi) is 5.20. The van der Waals surface area contributed by atoms with Crippen molar-refractivity contribution in [3.8, 4) is 0 Å². The molecule has 0 radical (unpaired) electrons. The normalized spacial score (nSPS) is 18.5. The zero-order valence-electron chi connectivity index (χ0n) is 14.6. The summed E-state index contributed by atoms with van der Waals surface area (Å²) in [6, 6.07) is 6.93. The van der Waals surface area contributed by atoms with E-state index in [-0.39, 0.29) is 23.5 Å². The molecule has 1 aromatic heterocycles. The molecule has 2 aromatic rings. The van der Waals surface area contributed by atoms with Crippen molar-refractivity contribution in [3.05, 3.63) is 52.8 Å². The van der Waals surface area contributed by atoms with Crippen molar-refractivity contribution in [2.45, 2.75) is 19.4 Å². The van der Waals surface area contributed by atoms with Gasteiger partial charge >= 0.3 is 0 Å². The van der Waals surface area contributed by atoms with Crippen molar-refractivity contribution >= 4 is 38.7 Å². The first-order valence-corrected chi connectivity index (χ1v) is 10.4. The van der Waals surface area contributed by atoms with E-state index in [4.69, 9.17) is 11.6 Å². The van der Waals surface area contributed by atoms with Gasteiger partial charge < -0.3 is 10.2 Å². The number of sulfone groups is 1. The van der Waals surface area contributed by atoms with Gasteiger partial charge in [-0.1, -0.05) is 17.7 Å². The minimum atomic E-state index is -2.98. The van der Waals surface area contributed by atoms with E-state index < -0.39 is 9.84 Å². The number of amides is 1. The second kappa shape index (κ2) is 7.25. The third kappa shape index (κ3) is 3.99. The zero-order chi connectivity index (χ0) is 18.9. The topological polar surface area (TPSA) is 79.4 Å². The summed E-state index contributed by atoms with van der Waals surface area (Å²) in [5, 5.41) is 3.42. The Balaban J connectivity index is 1.78. The van der Waals surface area contributed by atoms with Gasteiger partial charge in [-0.2, -0.15) is 0 Å². The Hall–Kier alpha value is -2.12. The van der Waals surface area contributed by atoms with Gasteiger partial charge in [-0.3, -0.25) is 9.78 Å². The van der Waals surface area contributed by atoms with Crippen LogP contribution in [-0.4, -0.2) is 43.9 Å². The Labute approximate surface area is 158 Å². The molecule has 1 aliphatic heterocycles. The summed E-state index contributed by atoms with van der Waals surface area (Å²) in [6.45, 7) is 1.83. The lowest BCUT2D eigenvalue weighted by atomic mass is 10.1. The summed E-state index contributed by atoms with van der Waals surface area (Å²) in [6.07, 6.45) is 3.70. The molecule has 1 amide bonds. The lowest BCUT2D eigenvalue weighted by Gasteiger charge is -2.25. The van der Waals surface area contributed by atoms with Crippen LogP contribution < -0.4 is 10.2 Å². The summed E-state index contributed by atoms with van der Waals surface area (Å²) < 4.78 is 23.4. The molecular weight excluding hydrogens is 374 g/mol. The SMILES string of the molecule is Cc1c(Cl)cccc1NC(=O)c1cncc(N(C)C2CCS(=O)(=O)C2)c1. The van der Waals surface area contributed by atoms with E-state index >= 15 is 0 Å². The Bertz CT molecular complexity index is 946. The molecule has 1 saturated heterocycles.